The molecular weight excluding hydrogens is 588 g/mol. The summed E-state index contributed by atoms with van der Waals surface area (Å²) in [5.74, 6) is 0.495. The van der Waals surface area contributed by atoms with Gasteiger partial charge in [0.1, 0.15) is 30.0 Å². The maximum Gasteiger partial charge on any atom is 0.185 e. The van der Waals surface area contributed by atoms with E-state index < -0.39 is 66.8 Å². The normalized spacial score (nSPS) is 44.6. The third-order valence-electron chi connectivity index (χ3n) is 10.4. The number of nitrogens with two attached hydrogens (primary N) is 2. The Balaban J connectivity index is 1.54. The molecule has 0 aromatic heterocycles. The molecule has 2 saturated heterocycles. The highest BCUT2D eigenvalue weighted by Crippen LogP contribution is 2.34. The Bertz CT molecular complexity index is 911. The van der Waals surface area contributed by atoms with Gasteiger partial charge >= 0.3 is 0 Å². The highest BCUT2D eigenvalue weighted by Gasteiger charge is 2.52. The average Bonchev–Trinajstić information content (AvgIpc) is 2.98. The summed E-state index contributed by atoms with van der Waals surface area (Å²) in [4.78, 5) is 0. The maximum atomic E-state index is 11.9. The lowest BCUT2D eigenvalue weighted by atomic mass is 9.80. The van der Waals surface area contributed by atoms with Crippen molar-refractivity contribution in [2.45, 2.75) is 143 Å². The van der Waals surface area contributed by atoms with Crippen LogP contribution in [0.1, 0.15) is 52.9 Å². The molecule has 13 N–H and O–H groups in total. The van der Waals surface area contributed by atoms with Crippen molar-refractivity contribution in [3.63, 3.8) is 0 Å². The molecule has 264 valence electrons. The third-order valence-corrected chi connectivity index (χ3v) is 10.4. The monoisotopic (exact) mass is 648 g/mol. The summed E-state index contributed by atoms with van der Waals surface area (Å²) in [6.07, 6.45) is -2.77. The van der Waals surface area contributed by atoms with Crippen molar-refractivity contribution >= 4 is 0 Å². The van der Waals surface area contributed by atoms with Crippen molar-refractivity contribution in [2.75, 3.05) is 40.5 Å². The molecule has 4 rings (SSSR count). The first-order valence-corrected chi connectivity index (χ1v) is 16.5. The first-order chi connectivity index (χ1) is 21.2. The smallest absolute Gasteiger partial charge is 0.185 e. The van der Waals surface area contributed by atoms with Crippen LogP contribution in [0.15, 0.2) is 0 Å². The predicted molar refractivity (Wildman–Crippen MR) is 166 cm³/mol. The summed E-state index contributed by atoms with van der Waals surface area (Å²) in [5, 5.41) is 66.2. The molecular formula is C30H60N6O9. The maximum absolute atomic E-state index is 11.9. The number of aliphatic hydroxyl groups is 5. The van der Waals surface area contributed by atoms with Crippen LogP contribution in [-0.4, -0.2) is 156 Å². The Morgan fingerprint density at radius 3 is 2.22 bits per heavy atom. The van der Waals surface area contributed by atoms with Crippen LogP contribution in [0.2, 0.25) is 0 Å². The predicted octanol–water partition coefficient (Wildman–Crippen LogP) is -3.59. The van der Waals surface area contributed by atoms with Gasteiger partial charge in [-0.3, -0.25) is 0 Å². The van der Waals surface area contributed by atoms with Crippen LogP contribution in [0.25, 0.3) is 0 Å². The molecule has 45 heavy (non-hydrogen) atoms. The van der Waals surface area contributed by atoms with E-state index in [2.05, 4.69) is 35.1 Å². The van der Waals surface area contributed by atoms with E-state index >= 15 is 0 Å². The van der Waals surface area contributed by atoms with Gasteiger partial charge in [-0.1, -0.05) is 0 Å². The largest absolute Gasteiger partial charge is 0.395 e. The zero-order valence-electron chi connectivity index (χ0n) is 27.5. The van der Waals surface area contributed by atoms with Crippen molar-refractivity contribution in [3.8, 4) is 0 Å². The van der Waals surface area contributed by atoms with Gasteiger partial charge in [0, 0.05) is 23.7 Å². The fourth-order valence-electron chi connectivity index (χ4n) is 7.18. The lowest BCUT2D eigenvalue weighted by molar-refractivity contribution is -0.310. The van der Waals surface area contributed by atoms with Crippen molar-refractivity contribution < 1.29 is 44.5 Å². The van der Waals surface area contributed by atoms with E-state index in [9.17, 15) is 25.5 Å². The van der Waals surface area contributed by atoms with Crippen LogP contribution in [0.5, 0.6) is 0 Å². The highest BCUT2D eigenvalue weighted by atomic mass is 16.7. The molecule has 0 aromatic rings. The molecule has 2 aliphatic heterocycles. The molecule has 0 spiro atoms. The van der Waals surface area contributed by atoms with Gasteiger partial charge in [-0.05, 0) is 79.4 Å². The van der Waals surface area contributed by atoms with Crippen molar-refractivity contribution in [2.24, 2.45) is 17.4 Å². The first-order valence-electron chi connectivity index (χ1n) is 16.5. The van der Waals surface area contributed by atoms with Crippen LogP contribution in [0.3, 0.4) is 0 Å². The van der Waals surface area contributed by atoms with Gasteiger partial charge in [-0.25, -0.2) is 0 Å². The van der Waals surface area contributed by atoms with Crippen molar-refractivity contribution in [1.29, 1.82) is 0 Å². The number of likely N-dealkylation sites (N-methyl/N-ethyl adjacent to an activating group) is 2. The van der Waals surface area contributed by atoms with Gasteiger partial charge in [-0.15, -0.1) is 0 Å². The Kier molecular flexibility index (Phi) is 13.0. The van der Waals surface area contributed by atoms with Crippen LogP contribution >= 0.6 is 0 Å². The van der Waals surface area contributed by atoms with Crippen molar-refractivity contribution in [1.82, 2.24) is 21.3 Å². The lowest BCUT2D eigenvalue weighted by Gasteiger charge is -2.50. The van der Waals surface area contributed by atoms with E-state index in [4.69, 9.17) is 30.4 Å². The van der Waals surface area contributed by atoms with Gasteiger partial charge in [-0.2, -0.15) is 0 Å². The van der Waals surface area contributed by atoms with E-state index in [1.54, 1.807) is 14.0 Å². The van der Waals surface area contributed by atoms with Gasteiger partial charge in [0.15, 0.2) is 12.6 Å². The SMILES string of the molecule is CN[C@@H]1[C@@H](O)[C@@H](O[C@@H]2[C@@H](O)[C@H](O[C@H]3O[C@H](C(C)(C)NC)CC[C@H]3NCC3CC(N)C3)[C@@H](N)C[C@H]2NC(CO)CO)OC[C@]1(C)O. The minimum atomic E-state index is -1.35. The van der Waals surface area contributed by atoms with E-state index in [1.807, 2.05) is 7.05 Å². The van der Waals surface area contributed by atoms with Crippen LogP contribution < -0.4 is 32.7 Å². The molecule has 15 heteroatoms. The first kappa shape index (κ1) is 37.2. The minimum Gasteiger partial charge on any atom is -0.395 e. The molecule has 0 aromatic carbocycles. The molecule has 0 unspecified atom stereocenters. The molecule has 2 aliphatic carbocycles. The summed E-state index contributed by atoms with van der Waals surface area (Å²) in [6.45, 7) is 5.67. The van der Waals surface area contributed by atoms with E-state index in [1.165, 1.54) is 0 Å². The summed E-state index contributed by atoms with van der Waals surface area (Å²) in [6, 6.07) is -2.65. The number of hydrogen-bond donors (Lipinski definition) is 11. The van der Waals surface area contributed by atoms with E-state index in [0.717, 1.165) is 32.2 Å². The average molecular weight is 649 g/mol. The molecule has 15 nitrogen and oxygen atoms in total. The number of aliphatic hydroxyl groups excluding tert-OH is 4. The molecule has 0 amide bonds. The zero-order valence-corrected chi connectivity index (χ0v) is 27.5. The fraction of sp³-hybridized carbons (Fsp3) is 1.00. The van der Waals surface area contributed by atoms with Gasteiger partial charge in [0.2, 0.25) is 0 Å². The molecule has 4 aliphatic rings. The van der Waals surface area contributed by atoms with E-state index in [0.29, 0.717) is 5.92 Å². The summed E-state index contributed by atoms with van der Waals surface area (Å²) < 4.78 is 25.2. The Morgan fingerprint density at radius 2 is 1.62 bits per heavy atom. The number of rotatable bonds is 14. The topological polar surface area (TPSA) is 238 Å². The second kappa shape index (κ2) is 15.7. The van der Waals surface area contributed by atoms with Gasteiger partial charge in [0.25, 0.3) is 0 Å². The molecule has 4 fully saturated rings. The van der Waals surface area contributed by atoms with E-state index in [-0.39, 0.29) is 50.0 Å². The van der Waals surface area contributed by atoms with Gasteiger partial charge in [0.05, 0.1) is 44.1 Å². The molecule has 2 heterocycles. The van der Waals surface area contributed by atoms with Crippen LogP contribution in [0, 0.1) is 5.92 Å². The molecule has 2 saturated carbocycles. The van der Waals surface area contributed by atoms with Crippen molar-refractivity contribution in [3.05, 3.63) is 0 Å². The molecule has 12 atom stereocenters. The highest BCUT2D eigenvalue weighted by molar-refractivity contribution is 5.04. The zero-order chi connectivity index (χ0) is 33.1. The number of nitrogens with one attached hydrogen (secondary N) is 4. The second-order valence-corrected chi connectivity index (χ2v) is 14.4. The fourth-order valence-corrected chi connectivity index (χ4v) is 7.18. The summed E-state index contributed by atoms with van der Waals surface area (Å²) in [5.41, 5.74) is 11.0. The molecule has 0 bridgehead atoms. The number of hydrogen-bond acceptors (Lipinski definition) is 15. The standard InChI is InChI=1S/C30H60N6O9/c1-29(2,34-5)21-7-6-19(35-11-15-8-16(31)9-15)27(43-21)44-24-18(32)10-20(36-17(12-37)13-38)25(22(24)39)45-28-23(40)26(33-4)30(3,41)14-42-28/h15-28,33-41H,6-14,31-32H2,1-5H3/t15?,16?,18-,19+,20+,21-,22-,23+,24+,25-,26+,27+,28+,30-/m0/s1. The van der Waals surface area contributed by atoms with Crippen LogP contribution in [-0.2, 0) is 18.9 Å². The number of ether oxygens (including phenoxy) is 4. The van der Waals surface area contributed by atoms with Crippen LogP contribution in [0.4, 0.5) is 0 Å². The summed E-state index contributed by atoms with van der Waals surface area (Å²) >= 11 is 0. The molecule has 0 radical (unpaired) electrons. The minimum absolute atomic E-state index is 0.117. The Morgan fingerprint density at radius 1 is 0.956 bits per heavy atom. The third kappa shape index (κ3) is 8.71. The Labute approximate surface area is 267 Å². The summed E-state index contributed by atoms with van der Waals surface area (Å²) in [7, 11) is 3.52. The Hall–Kier alpha value is -0.600. The second-order valence-electron chi connectivity index (χ2n) is 14.4. The lowest BCUT2D eigenvalue weighted by Crippen LogP contribution is -2.70. The van der Waals surface area contributed by atoms with Gasteiger partial charge < -0.3 is 77.2 Å². The quantitative estimate of drug-likeness (QED) is 0.0873.